The van der Waals surface area contributed by atoms with E-state index >= 15 is 0 Å². The Balaban J connectivity index is 1.68. The van der Waals surface area contributed by atoms with Crippen molar-refractivity contribution < 1.29 is 9.53 Å². The number of nitrogens with one attached hydrogen (secondary N) is 2. The number of halogens is 1. The molecule has 0 aliphatic carbocycles. The molecule has 0 bridgehead atoms. The monoisotopic (exact) mass is 562 g/mol. The Morgan fingerprint density at radius 3 is 2.62 bits per heavy atom. The summed E-state index contributed by atoms with van der Waals surface area (Å²) in [4.78, 5) is 30.4. The summed E-state index contributed by atoms with van der Waals surface area (Å²) in [7, 11) is 5.53. The fraction of sp³-hybridized carbons (Fsp3) is 0.310. The molecule has 0 aliphatic heterocycles. The number of ether oxygens (including phenoxy) is 1. The number of aryl methyl sites for hydroxylation is 1. The Bertz CT molecular complexity index is 1520. The van der Waals surface area contributed by atoms with E-state index in [1.165, 1.54) is 6.08 Å². The van der Waals surface area contributed by atoms with Crippen molar-refractivity contribution in [2.24, 2.45) is 7.05 Å². The summed E-state index contributed by atoms with van der Waals surface area (Å²) in [6.07, 6.45) is 6.48. The van der Waals surface area contributed by atoms with Crippen molar-refractivity contribution in [3.63, 3.8) is 0 Å². The van der Waals surface area contributed by atoms with E-state index in [1.807, 2.05) is 43.1 Å². The second kappa shape index (κ2) is 12.8. The van der Waals surface area contributed by atoms with Crippen LogP contribution in [0.5, 0.6) is 5.75 Å². The number of likely N-dealkylation sites (N-methyl/N-ethyl adjacent to an activating group) is 2. The maximum atomic E-state index is 12.3. The van der Waals surface area contributed by atoms with Crippen LogP contribution in [0.2, 0.25) is 5.02 Å². The molecule has 0 saturated heterocycles. The molecule has 0 spiro atoms. The van der Waals surface area contributed by atoms with Gasteiger partial charge >= 0.3 is 0 Å². The maximum Gasteiger partial charge on any atom is 0.247 e. The third-order valence-electron chi connectivity index (χ3n) is 6.79. The molecule has 210 valence electrons. The minimum Gasteiger partial charge on any atom is -0.494 e. The van der Waals surface area contributed by atoms with Gasteiger partial charge in [-0.1, -0.05) is 32.0 Å². The second-order valence-electron chi connectivity index (χ2n) is 9.29. The predicted octanol–water partition coefficient (Wildman–Crippen LogP) is 5.34. The normalized spacial score (nSPS) is 11.1. The Labute approximate surface area is 239 Å². The summed E-state index contributed by atoms with van der Waals surface area (Å²) in [5.41, 5.74) is 4.17. The first kappa shape index (κ1) is 28.8. The summed E-state index contributed by atoms with van der Waals surface area (Å²) in [6.45, 7) is 11.5. The van der Waals surface area contributed by atoms with Gasteiger partial charge in [0.2, 0.25) is 11.9 Å². The summed E-state index contributed by atoms with van der Waals surface area (Å²) < 4.78 is 7.68. The van der Waals surface area contributed by atoms with Crippen LogP contribution in [0.3, 0.4) is 0 Å². The first-order chi connectivity index (χ1) is 19.3. The van der Waals surface area contributed by atoms with Gasteiger partial charge in [-0.05, 0) is 37.4 Å². The van der Waals surface area contributed by atoms with Crippen LogP contribution in [0.4, 0.5) is 23.0 Å². The molecular weight excluding hydrogens is 528 g/mol. The molecule has 2 N–H and O–H groups in total. The smallest absolute Gasteiger partial charge is 0.247 e. The fourth-order valence-corrected chi connectivity index (χ4v) is 4.62. The van der Waals surface area contributed by atoms with Gasteiger partial charge in [0.25, 0.3) is 0 Å². The Kier molecular flexibility index (Phi) is 9.23. The highest BCUT2D eigenvalue weighted by molar-refractivity contribution is 6.33. The van der Waals surface area contributed by atoms with Gasteiger partial charge in [-0.3, -0.25) is 4.79 Å². The standard InChI is InChI=1S/C29H35ClN8O2/c1-7-26(39)33-22-15-23(25(40-6)16-24(22)36(4)12-13-38(8-2)9-3)34-29-32-18-21(30)27(35-29)20-14-19-10-11-37(5)28(19)31-17-20/h7,10-11,14-18H,1,8-9,12-13H2,2-6H3,(H,33,39)(H,32,34,35). The van der Waals surface area contributed by atoms with Gasteiger partial charge in [0.1, 0.15) is 11.4 Å². The van der Waals surface area contributed by atoms with Gasteiger partial charge in [-0.25, -0.2) is 15.0 Å². The van der Waals surface area contributed by atoms with Crippen molar-refractivity contribution in [3.05, 3.63) is 60.5 Å². The van der Waals surface area contributed by atoms with Crippen LogP contribution < -0.4 is 20.3 Å². The first-order valence-electron chi connectivity index (χ1n) is 13.1. The molecule has 0 fully saturated rings. The van der Waals surface area contributed by atoms with Gasteiger partial charge < -0.3 is 29.7 Å². The van der Waals surface area contributed by atoms with Gasteiger partial charge in [0.15, 0.2) is 0 Å². The molecule has 3 aromatic heterocycles. The van der Waals surface area contributed by atoms with E-state index in [9.17, 15) is 4.79 Å². The Hall–Kier alpha value is -4.15. The minimum atomic E-state index is -0.316. The van der Waals surface area contributed by atoms with Crippen molar-refractivity contribution in [3.8, 4) is 17.0 Å². The molecule has 3 heterocycles. The van der Waals surface area contributed by atoms with Crippen molar-refractivity contribution in [1.82, 2.24) is 24.4 Å². The molecule has 10 nitrogen and oxygen atoms in total. The molecule has 11 heteroatoms. The number of hydrogen-bond donors (Lipinski definition) is 2. The molecule has 0 radical (unpaired) electrons. The van der Waals surface area contributed by atoms with Crippen LogP contribution in [0.15, 0.2) is 55.5 Å². The van der Waals surface area contributed by atoms with Gasteiger partial charge in [0, 0.05) is 56.6 Å². The van der Waals surface area contributed by atoms with Crippen molar-refractivity contribution in [2.75, 3.05) is 55.9 Å². The number of carbonyl (C=O) groups excluding carboxylic acids is 1. The molecule has 4 rings (SSSR count). The highest BCUT2D eigenvalue weighted by atomic mass is 35.5. The van der Waals surface area contributed by atoms with Crippen LogP contribution in [0, 0.1) is 0 Å². The van der Waals surface area contributed by atoms with Crippen molar-refractivity contribution >= 4 is 51.6 Å². The van der Waals surface area contributed by atoms with E-state index in [4.69, 9.17) is 16.3 Å². The molecule has 0 unspecified atom stereocenters. The lowest BCUT2D eigenvalue weighted by atomic mass is 10.1. The number of nitrogens with zero attached hydrogens (tertiary/aromatic N) is 6. The zero-order valence-electron chi connectivity index (χ0n) is 23.5. The number of carbonyl (C=O) groups is 1. The number of pyridine rings is 1. The summed E-state index contributed by atoms with van der Waals surface area (Å²) in [5.74, 6) is 0.562. The first-order valence-corrected chi connectivity index (χ1v) is 13.5. The van der Waals surface area contributed by atoms with Crippen LogP contribution >= 0.6 is 11.6 Å². The van der Waals surface area contributed by atoms with E-state index in [2.05, 4.69) is 55.8 Å². The van der Waals surface area contributed by atoms with E-state index < -0.39 is 0 Å². The summed E-state index contributed by atoms with van der Waals surface area (Å²) in [6, 6.07) is 7.67. The van der Waals surface area contributed by atoms with Crippen molar-refractivity contribution in [1.29, 1.82) is 0 Å². The number of benzene rings is 1. The molecule has 40 heavy (non-hydrogen) atoms. The Morgan fingerprint density at radius 2 is 1.93 bits per heavy atom. The SMILES string of the molecule is C=CC(=O)Nc1cc(Nc2ncc(Cl)c(-c3cnc4c(ccn4C)c3)n2)c(OC)cc1N(C)CCN(CC)CC. The fourth-order valence-electron chi connectivity index (χ4n) is 4.42. The van der Waals surface area contributed by atoms with Gasteiger partial charge in [-0.15, -0.1) is 0 Å². The van der Waals surface area contributed by atoms with Crippen LogP contribution in [0.25, 0.3) is 22.3 Å². The lowest BCUT2D eigenvalue weighted by molar-refractivity contribution is -0.111. The molecule has 1 amide bonds. The summed E-state index contributed by atoms with van der Waals surface area (Å²) >= 11 is 6.50. The largest absolute Gasteiger partial charge is 0.494 e. The van der Waals surface area contributed by atoms with E-state index in [0.717, 1.165) is 48.5 Å². The second-order valence-corrected chi connectivity index (χ2v) is 9.70. The molecule has 1 aromatic carbocycles. The molecule has 0 aliphatic rings. The lowest BCUT2D eigenvalue weighted by Crippen LogP contribution is -2.33. The number of amides is 1. The average molecular weight is 563 g/mol. The number of anilines is 4. The molecule has 0 atom stereocenters. The molecular formula is C29H35ClN8O2. The van der Waals surface area contributed by atoms with Gasteiger partial charge in [0.05, 0.1) is 41.1 Å². The number of methoxy groups -OCH3 is 1. The minimum absolute atomic E-state index is 0.314. The number of hydrogen-bond acceptors (Lipinski definition) is 8. The van der Waals surface area contributed by atoms with Crippen LogP contribution in [-0.2, 0) is 11.8 Å². The van der Waals surface area contributed by atoms with E-state index in [1.54, 1.807) is 25.6 Å². The van der Waals surface area contributed by atoms with Crippen LogP contribution in [-0.4, -0.2) is 70.7 Å². The van der Waals surface area contributed by atoms with E-state index in [0.29, 0.717) is 33.8 Å². The summed E-state index contributed by atoms with van der Waals surface area (Å²) in [5, 5.41) is 7.54. The lowest BCUT2D eigenvalue weighted by Gasteiger charge is -2.27. The highest BCUT2D eigenvalue weighted by Crippen LogP contribution is 2.38. The quantitative estimate of drug-likeness (QED) is 0.223. The zero-order chi connectivity index (χ0) is 28.8. The highest BCUT2D eigenvalue weighted by Gasteiger charge is 2.18. The van der Waals surface area contributed by atoms with Crippen molar-refractivity contribution in [2.45, 2.75) is 13.8 Å². The predicted molar refractivity (Wildman–Crippen MR) is 163 cm³/mol. The molecule has 4 aromatic rings. The third-order valence-corrected chi connectivity index (χ3v) is 7.07. The van der Waals surface area contributed by atoms with Gasteiger partial charge in [-0.2, -0.15) is 0 Å². The topological polar surface area (TPSA) is 100 Å². The van der Waals surface area contributed by atoms with E-state index in [-0.39, 0.29) is 5.91 Å². The van der Waals surface area contributed by atoms with Crippen LogP contribution in [0.1, 0.15) is 13.8 Å². The maximum absolute atomic E-state index is 12.3. The number of aromatic nitrogens is 4. The zero-order valence-corrected chi connectivity index (χ0v) is 24.3. The number of rotatable bonds is 12. The third kappa shape index (κ3) is 6.35. The average Bonchev–Trinajstić information content (AvgIpc) is 3.34. The number of fused-ring (bicyclic) bond motifs is 1. The molecule has 0 saturated carbocycles. The Morgan fingerprint density at radius 1 is 1.15 bits per heavy atom.